The SMILES string of the molecule is Nc1nc(=O)n(-c2cccnc2Cl)c2cc(C3CC3)ccc12. The van der Waals surface area contributed by atoms with Gasteiger partial charge in [-0.05, 0) is 48.6 Å². The predicted molar refractivity (Wildman–Crippen MR) is 86.5 cm³/mol. The molecule has 6 heteroatoms. The Labute approximate surface area is 131 Å². The first-order valence-electron chi connectivity index (χ1n) is 7.08. The van der Waals surface area contributed by atoms with Gasteiger partial charge in [-0.25, -0.2) is 9.78 Å². The molecule has 0 atom stereocenters. The number of benzene rings is 1. The summed E-state index contributed by atoms with van der Waals surface area (Å²) in [7, 11) is 0. The number of rotatable bonds is 2. The lowest BCUT2D eigenvalue weighted by Crippen LogP contribution is -2.23. The van der Waals surface area contributed by atoms with Crippen LogP contribution in [-0.4, -0.2) is 14.5 Å². The van der Waals surface area contributed by atoms with Crippen molar-refractivity contribution in [3.63, 3.8) is 0 Å². The van der Waals surface area contributed by atoms with Gasteiger partial charge in [0.05, 0.1) is 11.2 Å². The van der Waals surface area contributed by atoms with Gasteiger partial charge in [0, 0.05) is 11.6 Å². The highest BCUT2D eigenvalue weighted by atomic mass is 35.5. The number of pyridine rings is 1. The lowest BCUT2D eigenvalue weighted by molar-refractivity contribution is 0.953. The number of fused-ring (bicyclic) bond motifs is 1. The first kappa shape index (κ1) is 13.3. The van der Waals surface area contributed by atoms with Crippen LogP contribution in [0, 0.1) is 0 Å². The summed E-state index contributed by atoms with van der Waals surface area (Å²) in [6.45, 7) is 0. The standard InChI is InChI=1S/C16H13ClN4O/c17-14-12(2-1-7-19-14)21-13-8-10(9-3-4-9)5-6-11(13)15(18)20-16(21)22/h1-2,5-9H,3-4H2,(H2,18,20,22). The number of halogens is 1. The summed E-state index contributed by atoms with van der Waals surface area (Å²) in [6, 6.07) is 9.47. The van der Waals surface area contributed by atoms with E-state index in [0.717, 1.165) is 10.9 Å². The predicted octanol–water partition coefficient (Wildman–Crippen LogP) is 2.89. The highest BCUT2D eigenvalue weighted by Crippen LogP contribution is 2.41. The Balaban J connectivity index is 2.10. The van der Waals surface area contributed by atoms with Gasteiger partial charge in [-0.15, -0.1) is 0 Å². The molecule has 1 aliphatic carbocycles. The van der Waals surface area contributed by atoms with Crippen LogP contribution in [0.3, 0.4) is 0 Å². The van der Waals surface area contributed by atoms with Crippen molar-refractivity contribution in [3.05, 3.63) is 57.7 Å². The molecule has 0 spiro atoms. The van der Waals surface area contributed by atoms with Gasteiger partial charge in [0.2, 0.25) is 0 Å². The maximum atomic E-state index is 12.4. The fraction of sp³-hybridized carbons (Fsp3) is 0.188. The van der Waals surface area contributed by atoms with Crippen molar-refractivity contribution in [1.29, 1.82) is 0 Å². The van der Waals surface area contributed by atoms with Crippen LogP contribution in [0.5, 0.6) is 0 Å². The Morgan fingerprint density at radius 1 is 1.27 bits per heavy atom. The molecule has 22 heavy (non-hydrogen) atoms. The van der Waals surface area contributed by atoms with Crippen LogP contribution in [0.4, 0.5) is 5.82 Å². The molecule has 2 aromatic heterocycles. The second kappa shape index (κ2) is 4.81. The molecule has 0 saturated heterocycles. The molecule has 0 amide bonds. The van der Waals surface area contributed by atoms with Crippen LogP contribution in [-0.2, 0) is 0 Å². The van der Waals surface area contributed by atoms with Gasteiger partial charge in [0.25, 0.3) is 0 Å². The summed E-state index contributed by atoms with van der Waals surface area (Å²) in [5.74, 6) is 0.810. The van der Waals surface area contributed by atoms with Crippen molar-refractivity contribution in [2.24, 2.45) is 0 Å². The number of nitrogens with zero attached hydrogens (tertiary/aromatic N) is 3. The lowest BCUT2D eigenvalue weighted by atomic mass is 10.1. The third-order valence-corrected chi connectivity index (χ3v) is 4.27. The fourth-order valence-corrected chi connectivity index (χ4v) is 2.92. The van der Waals surface area contributed by atoms with Crippen molar-refractivity contribution < 1.29 is 0 Å². The molecule has 2 heterocycles. The van der Waals surface area contributed by atoms with Gasteiger partial charge in [-0.3, -0.25) is 4.57 Å². The molecule has 1 saturated carbocycles. The zero-order valence-electron chi connectivity index (χ0n) is 11.7. The highest BCUT2D eigenvalue weighted by molar-refractivity contribution is 6.31. The van der Waals surface area contributed by atoms with E-state index in [1.807, 2.05) is 12.1 Å². The Kier molecular flexibility index (Phi) is 2.90. The Morgan fingerprint density at radius 2 is 2.09 bits per heavy atom. The van der Waals surface area contributed by atoms with E-state index >= 15 is 0 Å². The average Bonchev–Trinajstić information content (AvgIpc) is 3.33. The molecule has 3 aromatic rings. The zero-order chi connectivity index (χ0) is 15.3. The normalized spacial score (nSPS) is 14.4. The second-order valence-corrected chi connectivity index (χ2v) is 5.84. The molecule has 2 N–H and O–H groups in total. The van der Waals surface area contributed by atoms with Crippen molar-refractivity contribution >= 4 is 28.3 Å². The van der Waals surface area contributed by atoms with E-state index in [1.54, 1.807) is 18.3 Å². The quantitative estimate of drug-likeness (QED) is 0.738. The van der Waals surface area contributed by atoms with E-state index in [9.17, 15) is 4.79 Å². The maximum absolute atomic E-state index is 12.4. The molecular weight excluding hydrogens is 300 g/mol. The van der Waals surface area contributed by atoms with Gasteiger partial charge in [0.1, 0.15) is 5.82 Å². The minimum Gasteiger partial charge on any atom is -0.383 e. The summed E-state index contributed by atoms with van der Waals surface area (Å²) in [6.07, 6.45) is 3.95. The van der Waals surface area contributed by atoms with E-state index in [-0.39, 0.29) is 11.0 Å². The zero-order valence-corrected chi connectivity index (χ0v) is 12.4. The van der Waals surface area contributed by atoms with Crippen molar-refractivity contribution in [1.82, 2.24) is 14.5 Å². The summed E-state index contributed by atoms with van der Waals surface area (Å²) >= 11 is 6.16. The molecule has 1 fully saturated rings. The molecule has 1 aromatic carbocycles. The average molecular weight is 313 g/mol. The molecule has 1 aliphatic rings. The first-order valence-corrected chi connectivity index (χ1v) is 7.46. The highest BCUT2D eigenvalue weighted by Gasteiger charge is 2.24. The van der Waals surface area contributed by atoms with E-state index in [2.05, 4.69) is 16.0 Å². The van der Waals surface area contributed by atoms with Gasteiger partial charge in [-0.1, -0.05) is 17.7 Å². The summed E-state index contributed by atoms with van der Waals surface area (Å²) in [4.78, 5) is 20.3. The van der Waals surface area contributed by atoms with Gasteiger partial charge in [-0.2, -0.15) is 4.98 Å². The Hall–Kier alpha value is -2.40. The van der Waals surface area contributed by atoms with Crippen molar-refractivity contribution in [3.8, 4) is 5.69 Å². The molecule has 0 bridgehead atoms. The van der Waals surface area contributed by atoms with Crippen LogP contribution in [0.15, 0.2) is 41.3 Å². The monoisotopic (exact) mass is 312 g/mol. The number of hydrogen-bond acceptors (Lipinski definition) is 4. The van der Waals surface area contributed by atoms with Crippen LogP contribution in [0.2, 0.25) is 5.15 Å². The third-order valence-electron chi connectivity index (χ3n) is 3.98. The molecule has 4 rings (SSSR count). The van der Waals surface area contributed by atoms with Crippen molar-refractivity contribution in [2.75, 3.05) is 5.73 Å². The minimum atomic E-state index is -0.451. The summed E-state index contributed by atoms with van der Waals surface area (Å²) < 4.78 is 1.48. The minimum absolute atomic E-state index is 0.235. The van der Waals surface area contributed by atoms with Crippen molar-refractivity contribution in [2.45, 2.75) is 18.8 Å². The number of aromatic nitrogens is 3. The number of nitrogens with two attached hydrogens (primary N) is 1. The topological polar surface area (TPSA) is 73.8 Å². The van der Waals surface area contributed by atoms with Gasteiger partial charge < -0.3 is 5.73 Å². The Morgan fingerprint density at radius 3 is 2.82 bits per heavy atom. The number of anilines is 1. The number of hydrogen-bond donors (Lipinski definition) is 1. The molecule has 5 nitrogen and oxygen atoms in total. The lowest BCUT2D eigenvalue weighted by Gasteiger charge is -2.13. The summed E-state index contributed by atoms with van der Waals surface area (Å²) in [5, 5.41) is 0.998. The van der Waals surface area contributed by atoms with Crippen LogP contribution >= 0.6 is 11.6 Å². The smallest absolute Gasteiger partial charge is 0.354 e. The molecule has 0 aliphatic heterocycles. The van der Waals surface area contributed by atoms with Crippen LogP contribution in [0.25, 0.3) is 16.6 Å². The maximum Gasteiger partial charge on any atom is 0.354 e. The number of nitrogen functional groups attached to an aromatic ring is 1. The van der Waals surface area contributed by atoms with E-state index in [1.165, 1.54) is 23.0 Å². The Bertz CT molecular complexity index is 947. The first-order chi connectivity index (χ1) is 10.6. The fourth-order valence-electron chi connectivity index (χ4n) is 2.71. The van der Waals surface area contributed by atoms with Crippen LogP contribution < -0.4 is 11.4 Å². The molecule has 0 unspecified atom stereocenters. The van der Waals surface area contributed by atoms with E-state index in [4.69, 9.17) is 17.3 Å². The molecule has 110 valence electrons. The van der Waals surface area contributed by atoms with Gasteiger partial charge in [0.15, 0.2) is 5.15 Å². The molecule has 0 radical (unpaired) electrons. The summed E-state index contributed by atoms with van der Waals surface area (Å²) in [5.41, 5.74) is 7.91. The van der Waals surface area contributed by atoms with Crippen LogP contribution in [0.1, 0.15) is 24.3 Å². The van der Waals surface area contributed by atoms with E-state index in [0.29, 0.717) is 11.6 Å². The molecular formula is C16H13ClN4O. The third kappa shape index (κ3) is 2.05. The largest absolute Gasteiger partial charge is 0.383 e. The van der Waals surface area contributed by atoms with Gasteiger partial charge >= 0.3 is 5.69 Å². The van der Waals surface area contributed by atoms with E-state index < -0.39 is 5.69 Å². The second-order valence-electron chi connectivity index (χ2n) is 5.48.